The number of benzene rings is 1. The average molecular weight is 433 g/mol. The highest BCUT2D eigenvalue weighted by molar-refractivity contribution is 5.95. The van der Waals surface area contributed by atoms with Gasteiger partial charge in [-0.1, -0.05) is 6.07 Å². The minimum Gasteiger partial charge on any atom is -0.495 e. The van der Waals surface area contributed by atoms with E-state index in [1.54, 1.807) is 6.07 Å². The predicted octanol–water partition coefficient (Wildman–Crippen LogP) is 3.08. The first-order chi connectivity index (χ1) is 14.6. The van der Waals surface area contributed by atoms with Crippen molar-refractivity contribution in [2.24, 2.45) is 10.7 Å². The first-order valence-corrected chi connectivity index (χ1v) is 9.74. The molecule has 3 atom stereocenters. The van der Waals surface area contributed by atoms with Crippen LogP contribution in [0.4, 0.5) is 13.2 Å². The van der Waals surface area contributed by atoms with Crippen LogP contribution in [0.15, 0.2) is 41.5 Å². The monoisotopic (exact) mass is 433 g/mol. The molecule has 1 aromatic heterocycles. The molecule has 0 aliphatic carbocycles. The van der Waals surface area contributed by atoms with Crippen molar-refractivity contribution in [1.82, 2.24) is 4.98 Å². The van der Waals surface area contributed by atoms with Crippen LogP contribution in [0.3, 0.4) is 0 Å². The maximum absolute atomic E-state index is 15.9. The fourth-order valence-electron chi connectivity index (χ4n) is 4.20. The molecule has 1 fully saturated rings. The highest BCUT2D eigenvalue weighted by atomic mass is 19.2. The molecule has 2 N–H and O–H groups in total. The molecule has 0 amide bonds. The second-order valence-electron chi connectivity index (χ2n) is 8.19. The largest absolute Gasteiger partial charge is 0.495 e. The lowest BCUT2D eigenvalue weighted by Gasteiger charge is -2.43. The number of ketones is 1. The molecule has 3 heterocycles. The number of carbonyl (C=O) groups excluding carboxylic acids is 1. The van der Waals surface area contributed by atoms with Crippen LogP contribution < -0.4 is 10.5 Å². The fourth-order valence-corrected chi connectivity index (χ4v) is 4.20. The van der Waals surface area contributed by atoms with Crippen molar-refractivity contribution in [3.8, 4) is 5.75 Å². The van der Waals surface area contributed by atoms with Crippen LogP contribution in [0.1, 0.15) is 35.0 Å². The number of methoxy groups -OCH3 is 1. The minimum atomic E-state index is -2.28. The Morgan fingerprint density at radius 3 is 2.71 bits per heavy atom. The van der Waals surface area contributed by atoms with Gasteiger partial charge in [0.2, 0.25) is 0 Å². The first-order valence-electron chi connectivity index (χ1n) is 9.74. The Morgan fingerprint density at radius 2 is 2.03 bits per heavy atom. The number of aliphatic imine (C=N–C) groups is 1. The zero-order chi connectivity index (χ0) is 22.4. The van der Waals surface area contributed by atoms with Gasteiger partial charge >= 0.3 is 0 Å². The number of pyridine rings is 1. The Balaban J connectivity index is 1.71. The Bertz CT molecular complexity index is 1060. The van der Waals surface area contributed by atoms with Crippen LogP contribution >= 0.6 is 0 Å². The molecule has 164 valence electrons. The van der Waals surface area contributed by atoms with Gasteiger partial charge in [0.1, 0.15) is 28.6 Å². The fraction of sp³-hybridized carbons (Fsp3) is 0.409. The molecule has 31 heavy (non-hydrogen) atoms. The Morgan fingerprint density at radius 1 is 1.26 bits per heavy atom. The molecule has 6 nitrogen and oxygen atoms in total. The second-order valence-corrected chi connectivity index (χ2v) is 8.19. The Kier molecular flexibility index (Phi) is 5.04. The molecule has 9 heteroatoms. The van der Waals surface area contributed by atoms with E-state index in [9.17, 15) is 13.6 Å². The van der Waals surface area contributed by atoms with Gasteiger partial charge in [0.25, 0.3) is 0 Å². The molecule has 0 bridgehead atoms. The van der Waals surface area contributed by atoms with E-state index in [4.69, 9.17) is 15.2 Å². The van der Waals surface area contributed by atoms with Crippen LogP contribution in [0.5, 0.6) is 5.75 Å². The van der Waals surface area contributed by atoms with Crippen molar-refractivity contribution >= 4 is 11.6 Å². The highest BCUT2D eigenvalue weighted by Gasteiger charge is 2.65. The van der Waals surface area contributed by atoms with E-state index in [0.29, 0.717) is 11.3 Å². The summed E-state index contributed by atoms with van der Waals surface area (Å²) in [5, 5.41) is 0. The number of amidine groups is 1. The number of alkyl halides is 2. The van der Waals surface area contributed by atoms with Gasteiger partial charge in [0.05, 0.1) is 26.5 Å². The lowest BCUT2D eigenvalue weighted by atomic mass is 9.70. The molecule has 2 aromatic rings. The van der Waals surface area contributed by atoms with Crippen LogP contribution in [0, 0.1) is 5.82 Å². The average Bonchev–Trinajstić information content (AvgIpc) is 3.05. The summed E-state index contributed by atoms with van der Waals surface area (Å²) in [7, 11) is 1.49. The summed E-state index contributed by atoms with van der Waals surface area (Å²) >= 11 is 0. The number of aromatic nitrogens is 1. The van der Waals surface area contributed by atoms with Crippen LogP contribution in [0.2, 0.25) is 0 Å². The van der Waals surface area contributed by atoms with Crippen LogP contribution in [-0.2, 0) is 16.7 Å². The molecular weight excluding hydrogens is 411 g/mol. The number of carbonyl (C=O) groups is 1. The summed E-state index contributed by atoms with van der Waals surface area (Å²) < 4.78 is 55.8. The predicted molar refractivity (Wildman–Crippen MR) is 107 cm³/mol. The number of rotatable bonds is 5. The van der Waals surface area contributed by atoms with Crippen molar-refractivity contribution in [1.29, 1.82) is 0 Å². The van der Waals surface area contributed by atoms with Crippen molar-refractivity contribution in [2.45, 2.75) is 36.6 Å². The van der Waals surface area contributed by atoms with E-state index >= 15 is 4.39 Å². The third-order valence-corrected chi connectivity index (χ3v) is 5.94. The standard InChI is InChI=1S/C22H22F3N3O3/c1-20(24)10-21(25)11-31-12-22(21,28-19(20)26)15-7-13(3-5-16(15)23)8-18(29)17-6-4-14(30-2)9-27-17/h3-7,9H,8,10-12H2,1-2H3,(H2,26,28)/t20-,21+,22-/m1/s1. The number of Topliss-reactive ketones (excluding diaryl/α,β-unsaturated/α-hetero) is 1. The van der Waals surface area contributed by atoms with E-state index in [0.717, 1.165) is 13.0 Å². The molecule has 0 saturated carbocycles. The van der Waals surface area contributed by atoms with Gasteiger partial charge in [0, 0.05) is 18.4 Å². The van der Waals surface area contributed by atoms with Crippen molar-refractivity contribution in [3.63, 3.8) is 0 Å². The Labute approximate surface area is 177 Å². The van der Waals surface area contributed by atoms with Crippen LogP contribution in [0.25, 0.3) is 0 Å². The number of hydrogen-bond acceptors (Lipinski definition) is 6. The molecule has 0 radical (unpaired) electrons. The smallest absolute Gasteiger partial charge is 0.185 e. The third kappa shape index (κ3) is 3.46. The maximum Gasteiger partial charge on any atom is 0.185 e. The maximum atomic E-state index is 15.9. The minimum absolute atomic E-state index is 0.0944. The number of halogens is 3. The molecule has 0 unspecified atom stereocenters. The lowest BCUT2D eigenvalue weighted by molar-refractivity contribution is 0.0234. The zero-order valence-electron chi connectivity index (χ0n) is 17.1. The molecule has 1 saturated heterocycles. The summed E-state index contributed by atoms with van der Waals surface area (Å²) in [6.07, 6.45) is 0.722. The Hall–Kier alpha value is -2.94. The third-order valence-electron chi connectivity index (χ3n) is 5.94. The van der Waals surface area contributed by atoms with Gasteiger partial charge < -0.3 is 15.2 Å². The van der Waals surface area contributed by atoms with Gasteiger partial charge in [0.15, 0.2) is 17.1 Å². The van der Waals surface area contributed by atoms with E-state index < -0.39 is 41.6 Å². The number of fused-ring (bicyclic) bond motifs is 1. The highest BCUT2D eigenvalue weighted by Crippen LogP contribution is 2.53. The summed E-state index contributed by atoms with van der Waals surface area (Å²) in [6.45, 7) is 0.430. The van der Waals surface area contributed by atoms with Crippen molar-refractivity contribution in [3.05, 3.63) is 59.2 Å². The summed E-state index contributed by atoms with van der Waals surface area (Å²) in [4.78, 5) is 20.8. The van der Waals surface area contributed by atoms with E-state index in [1.807, 2.05) is 0 Å². The SMILES string of the molecule is COc1ccc(C(=O)Cc2ccc(F)c([C@]34COC[C@@]3(F)C[C@@](C)(F)C(N)=N4)c2)nc1. The van der Waals surface area contributed by atoms with Gasteiger partial charge in [-0.15, -0.1) is 0 Å². The second kappa shape index (κ2) is 7.33. The number of nitrogens with zero attached hydrogens (tertiary/aromatic N) is 2. The first kappa shape index (κ1) is 21.3. The molecule has 0 spiro atoms. The summed E-state index contributed by atoms with van der Waals surface area (Å²) in [5.74, 6) is -0.942. The van der Waals surface area contributed by atoms with Crippen LogP contribution in [-0.4, -0.2) is 48.3 Å². The van der Waals surface area contributed by atoms with Gasteiger partial charge in [-0.05, 0) is 36.8 Å². The number of ether oxygens (including phenoxy) is 2. The van der Waals surface area contributed by atoms with E-state index in [1.165, 1.54) is 31.5 Å². The normalized spacial score (nSPS) is 29.9. The topological polar surface area (TPSA) is 86.8 Å². The van der Waals surface area contributed by atoms with Crippen molar-refractivity contribution in [2.75, 3.05) is 20.3 Å². The molecule has 2 aliphatic rings. The van der Waals surface area contributed by atoms with Gasteiger partial charge in [-0.25, -0.2) is 18.2 Å². The van der Waals surface area contributed by atoms with E-state index in [2.05, 4.69) is 9.98 Å². The van der Waals surface area contributed by atoms with E-state index in [-0.39, 0.29) is 30.1 Å². The number of nitrogens with two attached hydrogens (primary N) is 1. The summed E-state index contributed by atoms with van der Waals surface area (Å²) in [6, 6.07) is 7.08. The molecule has 2 aliphatic heterocycles. The molecule has 1 aromatic carbocycles. The number of hydrogen-bond donors (Lipinski definition) is 1. The zero-order valence-corrected chi connectivity index (χ0v) is 17.1. The summed E-state index contributed by atoms with van der Waals surface area (Å²) in [5.41, 5.74) is 0.0461. The quantitative estimate of drug-likeness (QED) is 0.733. The lowest BCUT2D eigenvalue weighted by Crippen LogP contribution is -2.58. The van der Waals surface area contributed by atoms with Crippen molar-refractivity contribution < 1.29 is 27.4 Å². The molecular formula is C22H22F3N3O3. The molecule has 4 rings (SSSR count). The van der Waals surface area contributed by atoms with Gasteiger partial charge in [-0.3, -0.25) is 9.79 Å². The van der Waals surface area contributed by atoms with Gasteiger partial charge in [-0.2, -0.15) is 0 Å².